The van der Waals surface area contributed by atoms with E-state index < -0.39 is 5.92 Å². The molecule has 0 aliphatic carbocycles. The number of carbonyl (C=O) groups is 2. The average molecular weight is 373 g/mol. The van der Waals surface area contributed by atoms with Crippen molar-refractivity contribution in [2.75, 3.05) is 26.3 Å². The summed E-state index contributed by atoms with van der Waals surface area (Å²) >= 11 is 1.42. The average Bonchev–Trinajstić information content (AvgIpc) is 3.21. The van der Waals surface area contributed by atoms with Gasteiger partial charge in [0.15, 0.2) is 0 Å². The molecule has 1 unspecified atom stereocenters. The van der Waals surface area contributed by atoms with Crippen LogP contribution in [-0.4, -0.2) is 48.0 Å². The van der Waals surface area contributed by atoms with Gasteiger partial charge in [-0.1, -0.05) is 12.1 Å². The number of nitrogens with one attached hydrogen (secondary N) is 1. The van der Waals surface area contributed by atoms with Gasteiger partial charge in [-0.25, -0.2) is 0 Å². The summed E-state index contributed by atoms with van der Waals surface area (Å²) in [6.45, 7) is 4.62. The second-order valence-corrected chi connectivity index (χ2v) is 7.05. The van der Waals surface area contributed by atoms with Crippen LogP contribution in [0.2, 0.25) is 0 Å². The Morgan fingerprint density at radius 3 is 3.04 bits per heavy atom. The van der Waals surface area contributed by atoms with Crippen LogP contribution in [0.4, 0.5) is 0 Å². The Labute approximate surface area is 157 Å². The molecule has 1 N–H and O–H groups in total. The van der Waals surface area contributed by atoms with E-state index in [2.05, 4.69) is 10.3 Å². The van der Waals surface area contributed by atoms with Crippen molar-refractivity contribution >= 4 is 23.2 Å². The normalized spacial score (nSPS) is 16.2. The van der Waals surface area contributed by atoms with Gasteiger partial charge in [-0.3, -0.25) is 14.6 Å². The van der Waals surface area contributed by atoms with Crippen LogP contribution in [-0.2, 0) is 16.1 Å². The lowest BCUT2D eigenvalue weighted by atomic mass is 9.93. The highest BCUT2D eigenvalue weighted by molar-refractivity contribution is 7.12. The largest absolute Gasteiger partial charge is 0.382 e. The summed E-state index contributed by atoms with van der Waals surface area (Å²) in [6, 6.07) is 7.45. The van der Waals surface area contributed by atoms with E-state index in [1.54, 1.807) is 11.1 Å². The third kappa shape index (κ3) is 4.28. The lowest BCUT2D eigenvalue weighted by Gasteiger charge is -2.33. The molecule has 2 aromatic heterocycles. The molecule has 0 aromatic carbocycles. The molecule has 138 valence electrons. The molecule has 2 aromatic rings. The molecule has 0 saturated carbocycles. The van der Waals surface area contributed by atoms with Crippen LogP contribution in [0.3, 0.4) is 0 Å². The number of aromatic nitrogens is 1. The third-order valence-electron chi connectivity index (χ3n) is 4.32. The number of nitrogens with zero attached hydrogens (tertiary/aromatic N) is 2. The predicted molar refractivity (Wildman–Crippen MR) is 100 cm³/mol. The first-order valence-corrected chi connectivity index (χ1v) is 9.70. The van der Waals surface area contributed by atoms with Gasteiger partial charge in [0.1, 0.15) is 0 Å². The van der Waals surface area contributed by atoms with Gasteiger partial charge in [0.2, 0.25) is 5.91 Å². The summed E-state index contributed by atoms with van der Waals surface area (Å²) in [7, 11) is 0. The summed E-state index contributed by atoms with van der Waals surface area (Å²) < 4.78 is 5.29. The first-order chi connectivity index (χ1) is 12.7. The maximum Gasteiger partial charge on any atom is 0.264 e. The number of rotatable bonds is 7. The van der Waals surface area contributed by atoms with Crippen LogP contribution in [0.25, 0.3) is 0 Å². The fourth-order valence-corrected chi connectivity index (χ4v) is 3.74. The smallest absolute Gasteiger partial charge is 0.264 e. The van der Waals surface area contributed by atoms with E-state index in [0.29, 0.717) is 37.7 Å². The quantitative estimate of drug-likeness (QED) is 0.757. The Morgan fingerprint density at radius 1 is 1.38 bits per heavy atom. The minimum Gasteiger partial charge on any atom is -0.382 e. The van der Waals surface area contributed by atoms with Crippen LogP contribution in [0.1, 0.15) is 40.2 Å². The Bertz CT molecular complexity index is 748. The fourth-order valence-electron chi connectivity index (χ4n) is 3.05. The van der Waals surface area contributed by atoms with Crippen molar-refractivity contribution in [3.05, 3.63) is 52.0 Å². The van der Waals surface area contributed by atoms with Gasteiger partial charge in [0.05, 0.1) is 16.5 Å². The van der Waals surface area contributed by atoms with Crippen molar-refractivity contribution in [1.82, 2.24) is 15.2 Å². The van der Waals surface area contributed by atoms with Crippen LogP contribution < -0.4 is 5.32 Å². The molecule has 26 heavy (non-hydrogen) atoms. The monoisotopic (exact) mass is 373 g/mol. The molecule has 0 saturated heterocycles. The Hall–Kier alpha value is -2.25. The topological polar surface area (TPSA) is 71.5 Å². The van der Waals surface area contributed by atoms with Gasteiger partial charge < -0.3 is 15.0 Å². The van der Waals surface area contributed by atoms with Gasteiger partial charge in [-0.05, 0) is 36.4 Å². The molecule has 1 atom stereocenters. The van der Waals surface area contributed by atoms with Crippen molar-refractivity contribution in [3.8, 4) is 0 Å². The highest BCUT2D eigenvalue weighted by Gasteiger charge is 2.34. The summed E-state index contributed by atoms with van der Waals surface area (Å²) in [5.41, 5.74) is 1.70. The van der Waals surface area contributed by atoms with E-state index in [-0.39, 0.29) is 11.8 Å². The number of ether oxygens (including phenoxy) is 1. The van der Waals surface area contributed by atoms with Gasteiger partial charge in [0, 0.05) is 39.0 Å². The summed E-state index contributed by atoms with van der Waals surface area (Å²) in [5.74, 6) is -0.579. The highest BCUT2D eigenvalue weighted by Crippen LogP contribution is 2.28. The first kappa shape index (κ1) is 18.5. The van der Waals surface area contributed by atoms with Crippen molar-refractivity contribution in [1.29, 1.82) is 0 Å². The zero-order chi connectivity index (χ0) is 18.4. The molecule has 3 heterocycles. The van der Waals surface area contributed by atoms with E-state index in [4.69, 9.17) is 4.74 Å². The molecule has 7 heteroatoms. The maximum absolute atomic E-state index is 12.7. The van der Waals surface area contributed by atoms with Gasteiger partial charge >= 0.3 is 0 Å². The number of hydrogen-bond acceptors (Lipinski definition) is 5. The lowest BCUT2D eigenvalue weighted by molar-refractivity contribution is -0.123. The zero-order valence-corrected chi connectivity index (χ0v) is 15.6. The molecule has 6 nitrogen and oxygen atoms in total. The number of thiophene rings is 1. The maximum atomic E-state index is 12.7. The zero-order valence-electron chi connectivity index (χ0n) is 14.8. The molecule has 0 fully saturated rings. The number of pyridine rings is 1. The van der Waals surface area contributed by atoms with Crippen molar-refractivity contribution in [2.45, 2.75) is 25.8 Å². The number of carbonyl (C=O) groups excluding carboxylic acids is 2. The molecule has 3 rings (SSSR count). The Balaban J connectivity index is 1.71. The summed E-state index contributed by atoms with van der Waals surface area (Å²) in [4.78, 5) is 32.3. The first-order valence-electron chi connectivity index (χ1n) is 8.82. The number of hydrogen-bond donors (Lipinski definition) is 1. The van der Waals surface area contributed by atoms with Crippen LogP contribution in [0.15, 0.2) is 35.8 Å². The molecule has 0 radical (unpaired) electrons. The van der Waals surface area contributed by atoms with Crippen molar-refractivity contribution in [3.63, 3.8) is 0 Å². The van der Waals surface area contributed by atoms with E-state index in [1.165, 1.54) is 11.3 Å². The number of amides is 2. The molecule has 1 aliphatic heterocycles. The van der Waals surface area contributed by atoms with Crippen LogP contribution in [0.5, 0.6) is 0 Å². The van der Waals surface area contributed by atoms with Crippen molar-refractivity contribution in [2.24, 2.45) is 0 Å². The van der Waals surface area contributed by atoms with E-state index in [9.17, 15) is 9.59 Å². The van der Waals surface area contributed by atoms with E-state index >= 15 is 0 Å². The Kier molecular flexibility index (Phi) is 6.35. The molecular weight excluding hydrogens is 350 g/mol. The van der Waals surface area contributed by atoms with Gasteiger partial charge in [0.25, 0.3) is 5.91 Å². The minimum absolute atomic E-state index is 0.0383. The van der Waals surface area contributed by atoms with Crippen LogP contribution in [0, 0.1) is 0 Å². The standard InChI is InChI=1S/C19H23N3O3S/c1-2-25-10-5-9-21-18(23)15-13-22(19(24)16-7-4-11-26-16)12-14-6-3-8-20-17(14)15/h3-4,6-8,11,15H,2,5,9-10,12-13H2,1H3,(H,21,23). The SMILES string of the molecule is CCOCCCNC(=O)C1CN(C(=O)c2cccs2)Cc2cccnc21. The number of fused-ring (bicyclic) bond motifs is 1. The molecule has 0 bridgehead atoms. The lowest BCUT2D eigenvalue weighted by Crippen LogP contribution is -2.44. The second-order valence-electron chi connectivity index (χ2n) is 6.10. The molecule has 2 amide bonds. The fraction of sp³-hybridized carbons (Fsp3) is 0.421. The molecule has 0 spiro atoms. The Morgan fingerprint density at radius 2 is 2.27 bits per heavy atom. The summed E-state index contributed by atoms with van der Waals surface area (Å²) in [6.07, 6.45) is 2.46. The minimum atomic E-state index is -0.448. The van der Waals surface area contributed by atoms with E-state index in [1.807, 2.05) is 36.6 Å². The molecular formula is C19H23N3O3S. The highest BCUT2D eigenvalue weighted by atomic mass is 32.1. The van der Waals surface area contributed by atoms with Gasteiger partial charge in [-0.15, -0.1) is 11.3 Å². The predicted octanol–water partition coefficient (Wildman–Crippen LogP) is 2.43. The second kappa shape index (κ2) is 8.91. The summed E-state index contributed by atoms with van der Waals surface area (Å²) in [5, 5.41) is 4.84. The van der Waals surface area contributed by atoms with Crippen LogP contribution >= 0.6 is 11.3 Å². The third-order valence-corrected chi connectivity index (χ3v) is 5.18. The molecule has 1 aliphatic rings. The van der Waals surface area contributed by atoms with Crippen molar-refractivity contribution < 1.29 is 14.3 Å². The van der Waals surface area contributed by atoms with Gasteiger partial charge in [-0.2, -0.15) is 0 Å². The van der Waals surface area contributed by atoms with E-state index in [0.717, 1.165) is 17.7 Å².